The first-order valence-electron chi connectivity index (χ1n) is 8.73. The minimum atomic E-state index is 0.137. The Labute approximate surface area is 138 Å². The van der Waals surface area contributed by atoms with Crippen molar-refractivity contribution in [1.82, 2.24) is 9.88 Å². The summed E-state index contributed by atoms with van der Waals surface area (Å²) < 4.78 is 2.16. The van der Waals surface area contributed by atoms with Crippen LogP contribution in [-0.4, -0.2) is 10.6 Å². The van der Waals surface area contributed by atoms with Crippen molar-refractivity contribution in [3.63, 3.8) is 0 Å². The average molecular weight is 310 g/mol. The molecule has 0 atom stereocenters. The first kappa shape index (κ1) is 16.0. The van der Waals surface area contributed by atoms with Gasteiger partial charge in [0.15, 0.2) is 5.43 Å². The molecule has 3 heteroatoms. The molecule has 2 aromatic rings. The van der Waals surface area contributed by atoms with Crippen LogP contribution in [0.2, 0.25) is 0 Å². The molecule has 0 unspecified atom stereocenters. The second kappa shape index (κ2) is 7.14. The van der Waals surface area contributed by atoms with Crippen LogP contribution in [0.15, 0.2) is 41.3 Å². The largest absolute Gasteiger partial charge is 0.320 e. The lowest BCUT2D eigenvalue weighted by atomic mass is 10.1. The summed E-state index contributed by atoms with van der Waals surface area (Å²) in [5, 5.41) is 3.55. The van der Waals surface area contributed by atoms with E-state index in [9.17, 15) is 4.79 Å². The molecule has 1 fully saturated rings. The summed E-state index contributed by atoms with van der Waals surface area (Å²) in [6, 6.07) is 10.8. The molecule has 23 heavy (non-hydrogen) atoms. The van der Waals surface area contributed by atoms with Crippen molar-refractivity contribution in [2.45, 2.75) is 58.5 Å². The van der Waals surface area contributed by atoms with E-state index >= 15 is 0 Å². The van der Waals surface area contributed by atoms with E-state index in [2.05, 4.69) is 41.1 Å². The standard InChI is InChI=1S/C20H26N2O/c1-3-16-8-4-7-11-19(16)22-14-17(20(23)12-15(22)2)13-21-18-9-5-6-10-18/h4,7-8,11-12,14,18,21H,3,5-6,9-10,13H2,1-2H3. The molecule has 0 radical (unpaired) electrons. The molecule has 1 aromatic carbocycles. The smallest absolute Gasteiger partial charge is 0.186 e. The van der Waals surface area contributed by atoms with Crippen molar-refractivity contribution in [2.24, 2.45) is 0 Å². The quantitative estimate of drug-likeness (QED) is 0.913. The average Bonchev–Trinajstić information content (AvgIpc) is 3.07. The van der Waals surface area contributed by atoms with Crippen molar-refractivity contribution >= 4 is 0 Å². The molecule has 0 aliphatic heterocycles. The lowest BCUT2D eigenvalue weighted by Crippen LogP contribution is -2.28. The van der Waals surface area contributed by atoms with Crippen LogP contribution in [-0.2, 0) is 13.0 Å². The van der Waals surface area contributed by atoms with E-state index < -0.39 is 0 Å². The minimum Gasteiger partial charge on any atom is -0.320 e. The zero-order valence-corrected chi connectivity index (χ0v) is 14.1. The Morgan fingerprint density at radius 3 is 2.65 bits per heavy atom. The molecular formula is C20H26N2O. The number of aryl methyl sites for hydroxylation is 2. The van der Waals surface area contributed by atoms with Gasteiger partial charge in [-0.2, -0.15) is 0 Å². The van der Waals surface area contributed by atoms with Crippen LogP contribution < -0.4 is 10.7 Å². The first-order chi connectivity index (χ1) is 11.2. The van der Waals surface area contributed by atoms with Gasteiger partial charge in [0.2, 0.25) is 0 Å². The van der Waals surface area contributed by atoms with E-state index in [0.717, 1.165) is 17.7 Å². The van der Waals surface area contributed by atoms with Crippen LogP contribution in [0, 0.1) is 6.92 Å². The Kier molecular flexibility index (Phi) is 4.97. The molecule has 0 amide bonds. The first-order valence-corrected chi connectivity index (χ1v) is 8.73. The van der Waals surface area contributed by atoms with Crippen molar-refractivity contribution in [3.8, 4) is 5.69 Å². The van der Waals surface area contributed by atoms with Gasteiger partial charge in [-0.25, -0.2) is 0 Å². The van der Waals surface area contributed by atoms with Crippen molar-refractivity contribution in [2.75, 3.05) is 0 Å². The number of para-hydroxylation sites is 1. The van der Waals surface area contributed by atoms with Crippen molar-refractivity contribution in [1.29, 1.82) is 0 Å². The Morgan fingerprint density at radius 2 is 1.91 bits per heavy atom. The number of benzene rings is 1. The predicted octanol–water partition coefficient (Wildman–Crippen LogP) is 3.74. The monoisotopic (exact) mass is 310 g/mol. The van der Waals surface area contributed by atoms with E-state index in [1.54, 1.807) is 6.07 Å². The number of aromatic nitrogens is 1. The maximum Gasteiger partial charge on any atom is 0.186 e. The van der Waals surface area contributed by atoms with Gasteiger partial charge < -0.3 is 9.88 Å². The maximum absolute atomic E-state index is 12.3. The summed E-state index contributed by atoms with van der Waals surface area (Å²) in [5.74, 6) is 0. The summed E-state index contributed by atoms with van der Waals surface area (Å²) in [7, 11) is 0. The SMILES string of the molecule is CCc1ccccc1-n1cc(CNC2CCCC2)c(=O)cc1C. The Hall–Kier alpha value is -1.87. The summed E-state index contributed by atoms with van der Waals surface area (Å²) in [4.78, 5) is 12.3. The van der Waals surface area contributed by atoms with Crippen LogP contribution in [0.5, 0.6) is 0 Å². The molecule has 1 aliphatic rings. The highest BCUT2D eigenvalue weighted by Crippen LogP contribution is 2.19. The molecule has 1 N–H and O–H groups in total. The molecule has 1 heterocycles. The van der Waals surface area contributed by atoms with E-state index in [1.165, 1.54) is 36.9 Å². The summed E-state index contributed by atoms with van der Waals surface area (Å²) >= 11 is 0. The van der Waals surface area contributed by atoms with Gasteiger partial charge in [0.05, 0.1) is 0 Å². The molecule has 3 nitrogen and oxygen atoms in total. The van der Waals surface area contributed by atoms with E-state index in [4.69, 9.17) is 0 Å². The fraction of sp³-hybridized carbons (Fsp3) is 0.450. The van der Waals surface area contributed by atoms with Crippen molar-refractivity contribution < 1.29 is 0 Å². The predicted molar refractivity (Wildman–Crippen MR) is 95.2 cm³/mol. The maximum atomic E-state index is 12.3. The van der Waals surface area contributed by atoms with Gasteiger partial charge in [-0.1, -0.05) is 38.0 Å². The van der Waals surface area contributed by atoms with Gasteiger partial charge in [0.1, 0.15) is 0 Å². The van der Waals surface area contributed by atoms with Crippen molar-refractivity contribution in [3.05, 3.63) is 63.6 Å². The number of rotatable bonds is 5. The summed E-state index contributed by atoms with van der Waals surface area (Å²) in [5.41, 5.74) is 4.45. The third kappa shape index (κ3) is 3.56. The summed E-state index contributed by atoms with van der Waals surface area (Å²) in [6.45, 7) is 4.83. The Bertz CT molecular complexity index is 727. The molecule has 0 bridgehead atoms. The summed E-state index contributed by atoms with van der Waals surface area (Å²) in [6.07, 6.45) is 8.09. The second-order valence-corrected chi connectivity index (χ2v) is 6.52. The third-order valence-corrected chi connectivity index (χ3v) is 4.89. The molecule has 3 rings (SSSR count). The van der Waals surface area contributed by atoms with Crippen LogP contribution in [0.4, 0.5) is 0 Å². The van der Waals surface area contributed by atoms with E-state index in [0.29, 0.717) is 12.6 Å². The zero-order chi connectivity index (χ0) is 16.2. The minimum absolute atomic E-state index is 0.137. The molecule has 122 valence electrons. The van der Waals surface area contributed by atoms with Gasteiger partial charge in [-0.15, -0.1) is 0 Å². The highest BCUT2D eigenvalue weighted by atomic mass is 16.1. The molecular weight excluding hydrogens is 284 g/mol. The van der Waals surface area contributed by atoms with Gasteiger partial charge >= 0.3 is 0 Å². The van der Waals surface area contributed by atoms with Crippen LogP contribution in [0.3, 0.4) is 0 Å². The molecule has 0 saturated heterocycles. The van der Waals surface area contributed by atoms with Gasteiger partial charge in [-0.05, 0) is 37.8 Å². The lowest BCUT2D eigenvalue weighted by molar-refractivity contribution is 0.522. The normalized spacial score (nSPS) is 15.2. The van der Waals surface area contributed by atoms with Crippen LogP contribution in [0.25, 0.3) is 5.69 Å². The number of hydrogen-bond acceptors (Lipinski definition) is 2. The van der Waals surface area contributed by atoms with Gasteiger partial charge in [0.25, 0.3) is 0 Å². The topological polar surface area (TPSA) is 34.0 Å². The zero-order valence-electron chi connectivity index (χ0n) is 14.1. The second-order valence-electron chi connectivity index (χ2n) is 6.52. The fourth-order valence-corrected chi connectivity index (χ4v) is 3.49. The highest BCUT2D eigenvalue weighted by molar-refractivity contribution is 5.43. The Balaban J connectivity index is 1.91. The lowest BCUT2D eigenvalue weighted by Gasteiger charge is -2.17. The molecule has 1 aromatic heterocycles. The van der Waals surface area contributed by atoms with E-state index in [1.807, 2.05) is 13.1 Å². The molecule has 0 spiro atoms. The third-order valence-electron chi connectivity index (χ3n) is 4.89. The van der Waals surface area contributed by atoms with Gasteiger partial charge in [-0.3, -0.25) is 4.79 Å². The van der Waals surface area contributed by atoms with E-state index in [-0.39, 0.29) is 5.43 Å². The van der Waals surface area contributed by atoms with Crippen LogP contribution in [0.1, 0.15) is 49.4 Å². The molecule has 1 saturated carbocycles. The van der Waals surface area contributed by atoms with Gasteiger partial charge in [0, 0.05) is 41.8 Å². The highest BCUT2D eigenvalue weighted by Gasteiger charge is 2.15. The Morgan fingerprint density at radius 1 is 1.17 bits per heavy atom. The number of pyridine rings is 1. The fourth-order valence-electron chi connectivity index (χ4n) is 3.49. The number of nitrogens with one attached hydrogen (secondary N) is 1. The molecule has 1 aliphatic carbocycles. The van der Waals surface area contributed by atoms with Crippen LogP contribution >= 0.6 is 0 Å². The number of nitrogens with zero attached hydrogens (tertiary/aromatic N) is 1. The number of hydrogen-bond donors (Lipinski definition) is 1.